The summed E-state index contributed by atoms with van der Waals surface area (Å²) in [5, 5.41) is 8.73. The van der Waals surface area contributed by atoms with Gasteiger partial charge in [0.2, 0.25) is 0 Å². The molecule has 1 rings (SSSR count). The molecule has 0 spiro atoms. The number of aliphatic carboxylic acids is 1. The molecule has 4 nitrogen and oxygen atoms in total. The van der Waals surface area contributed by atoms with E-state index >= 15 is 0 Å². The topological polar surface area (TPSA) is 63.6 Å². The molecule has 4 heteroatoms. The molecule has 1 fully saturated rings. The first-order chi connectivity index (χ1) is 10.9. The quantitative estimate of drug-likeness (QED) is 0.456. The molecule has 1 N–H and O–H groups in total. The molecule has 0 radical (unpaired) electrons. The minimum absolute atomic E-state index is 0.0153. The van der Waals surface area contributed by atoms with Crippen LogP contribution in [0.15, 0.2) is 0 Å². The van der Waals surface area contributed by atoms with E-state index in [-0.39, 0.29) is 30.3 Å². The lowest BCUT2D eigenvalue weighted by Crippen LogP contribution is -2.42. The highest BCUT2D eigenvalue weighted by atomic mass is 16.5. The molecule has 1 saturated carbocycles. The van der Waals surface area contributed by atoms with Crippen LogP contribution in [0.4, 0.5) is 0 Å². The predicted octanol–water partition coefficient (Wildman–Crippen LogP) is 4.95. The fourth-order valence-electron chi connectivity index (χ4n) is 4.05. The minimum Gasteiger partial charge on any atom is -0.481 e. The summed E-state index contributed by atoms with van der Waals surface area (Å²) in [6.07, 6.45) is 10.0. The van der Waals surface area contributed by atoms with E-state index in [2.05, 4.69) is 20.8 Å². The maximum absolute atomic E-state index is 12.0. The molecule has 0 aromatic rings. The SMILES string of the molecule is CCCCCC1(CC(C)C)CCCCC1OC(=O)CCC(=O)O. The lowest BCUT2D eigenvalue weighted by atomic mass is 9.64. The monoisotopic (exact) mass is 326 g/mol. The van der Waals surface area contributed by atoms with Crippen LogP contribution in [0.25, 0.3) is 0 Å². The zero-order valence-corrected chi connectivity index (χ0v) is 15.1. The van der Waals surface area contributed by atoms with Crippen molar-refractivity contribution in [2.75, 3.05) is 0 Å². The molecule has 134 valence electrons. The highest BCUT2D eigenvalue weighted by molar-refractivity contribution is 5.76. The molecule has 0 aromatic heterocycles. The molecule has 1 aliphatic rings. The standard InChI is InChI=1S/C19H34O4/c1-4-5-7-12-19(14-15(2)3)13-8-6-9-16(19)23-18(22)11-10-17(20)21/h15-16H,4-14H2,1-3H3,(H,20,21). The summed E-state index contributed by atoms with van der Waals surface area (Å²) < 4.78 is 5.79. The van der Waals surface area contributed by atoms with Crippen LogP contribution in [0.5, 0.6) is 0 Å². The van der Waals surface area contributed by atoms with Crippen molar-refractivity contribution in [2.45, 2.75) is 97.5 Å². The Kier molecular flexibility index (Phi) is 8.64. The number of carboxylic acids is 1. The Labute approximate surface area is 141 Å². The van der Waals surface area contributed by atoms with E-state index in [0.717, 1.165) is 32.1 Å². The number of carbonyl (C=O) groups excluding carboxylic acids is 1. The van der Waals surface area contributed by atoms with E-state index < -0.39 is 5.97 Å². The summed E-state index contributed by atoms with van der Waals surface area (Å²) in [7, 11) is 0. The number of carbonyl (C=O) groups is 2. The molecule has 0 aromatic carbocycles. The molecular weight excluding hydrogens is 292 g/mol. The Balaban J connectivity index is 2.75. The van der Waals surface area contributed by atoms with E-state index in [1.165, 1.54) is 25.7 Å². The Morgan fingerprint density at radius 3 is 2.57 bits per heavy atom. The van der Waals surface area contributed by atoms with Gasteiger partial charge in [0, 0.05) is 5.41 Å². The van der Waals surface area contributed by atoms with Crippen molar-refractivity contribution in [3.8, 4) is 0 Å². The number of esters is 1. The van der Waals surface area contributed by atoms with Crippen molar-refractivity contribution in [3.63, 3.8) is 0 Å². The highest BCUT2D eigenvalue weighted by Crippen LogP contribution is 2.47. The van der Waals surface area contributed by atoms with Crippen molar-refractivity contribution < 1.29 is 19.4 Å². The molecule has 0 bridgehead atoms. The second-order valence-corrected chi connectivity index (χ2v) is 7.54. The predicted molar refractivity (Wildman–Crippen MR) is 91.2 cm³/mol. The average molecular weight is 326 g/mol. The molecule has 2 unspecified atom stereocenters. The molecule has 2 atom stereocenters. The van der Waals surface area contributed by atoms with Crippen LogP contribution in [-0.4, -0.2) is 23.1 Å². The third-order valence-corrected chi connectivity index (χ3v) is 4.98. The van der Waals surface area contributed by atoms with Crippen LogP contribution >= 0.6 is 0 Å². The number of carboxylic acid groups (broad SMARTS) is 1. The number of hydrogen-bond donors (Lipinski definition) is 1. The molecule has 0 aliphatic heterocycles. The van der Waals surface area contributed by atoms with E-state index in [0.29, 0.717) is 5.92 Å². The Morgan fingerprint density at radius 2 is 1.96 bits per heavy atom. The summed E-state index contributed by atoms with van der Waals surface area (Å²) in [6, 6.07) is 0. The van der Waals surface area contributed by atoms with Crippen LogP contribution in [0.2, 0.25) is 0 Å². The number of unbranched alkanes of at least 4 members (excludes halogenated alkanes) is 2. The second kappa shape index (κ2) is 9.94. The number of rotatable bonds is 10. The molecule has 23 heavy (non-hydrogen) atoms. The molecule has 0 heterocycles. The van der Waals surface area contributed by atoms with Gasteiger partial charge in [0.25, 0.3) is 0 Å². The average Bonchev–Trinajstić information content (AvgIpc) is 2.47. The molecular formula is C19H34O4. The summed E-state index contributed by atoms with van der Waals surface area (Å²) in [5.41, 5.74) is 0.0977. The van der Waals surface area contributed by atoms with Crippen molar-refractivity contribution in [2.24, 2.45) is 11.3 Å². The van der Waals surface area contributed by atoms with Crippen LogP contribution in [0, 0.1) is 11.3 Å². The second-order valence-electron chi connectivity index (χ2n) is 7.54. The van der Waals surface area contributed by atoms with Crippen molar-refractivity contribution >= 4 is 11.9 Å². The summed E-state index contributed by atoms with van der Waals surface area (Å²) in [5.74, 6) is -0.708. The van der Waals surface area contributed by atoms with Gasteiger partial charge in [0.15, 0.2) is 0 Å². The fourth-order valence-corrected chi connectivity index (χ4v) is 4.05. The molecule has 0 saturated heterocycles. The first-order valence-corrected chi connectivity index (χ1v) is 9.31. The fraction of sp³-hybridized carbons (Fsp3) is 0.895. The van der Waals surface area contributed by atoms with Crippen LogP contribution in [0.3, 0.4) is 0 Å². The minimum atomic E-state index is -0.943. The number of ether oxygens (including phenoxy) is 1. The Hall–Kier alpha value is -1.06. The van der Waals surface area contributed by atoms with E-state index in [1.54, 1.807) is 0 Å². The first kappa shape index (κ1) is 20.0. The Bertz CT molecular complexity index is 378. The summed E-state index contributed by atoms with van der Waals surface area (Å²) in [6.45, 7) is 6.68. The lowest BCUT2D eigenvalue weighted by molar-refractivity contribution is -0.163. The van der Waals surface area contributed by atoms with Gasteiger partial charge in [-0.25, -0.2) is 0 Å². The van der Waals surface area contributed by atoms with E-state index in [9.17, 15) is 9.59 Å². The van der Waals surface area contributed by atoms with E-state index in [1.807, 2.05) is 0 Å². The van der Waals surface area contributed by atoms with Gasteiger partial charge in [-0.05, 0) is 38.0 Å². The maximum Gasteiger partial charge on any atom is 0.306 e. The van der Waals surface area contributed by atoms with Crippen LogP contribution in [0.1, 0.15) is 91.4 Å². The largest absolute Gasteiger partial charge is 0.481 e. The van der Waals surface area contributed by atoms with Gasteiger partial charge in [-0.2, -0.15) is 0 Å². The van der Waals surface area contributed by atoms with Gasteiger partial charge < -0.3 is 9.84 Å². The smallest absolute Gasteiger partial charge is 0.306 e. The zero-order chi connectivity index (χ0) is 17.3. The third-order valence-electron chi connectivity index (χ3n) is 4.98. The van der Waals surface area contributed by atoms with Crippen LogP contribution in [-0.2, 0) is 14.3 Å². The highest BCUT2D eigenvalue weighted by Gasteiger charge is 2.42. The zero-order valence-electron chi connectivity index (χ0n) is 15.1. The van der Waals surface area contributed by atoms with Gasteiger partial charge >= 0.3 is 11.9 Å². The van der Waals surface area contributed by atoms with Gasteiger partial charge in [0.1, 0.15) is 6.10 Å². The van der Waals surface area contributed by atoms with Crippen molar-refractivity contribution in [1.29, 1.82) is 0 Å². The Morgan fingerprint density at radius 1 is 1.22 bits per heavy atom. The van der Waals surface area contributed by atoms with Gasteiger partial charge in [-0.1, -0.05) is 46.5 Å². The third kappa shape index (κ3) is 6.92. The normalized spacial score (nSPS) is 24.6. The summed E-state index contributed by atoms with van der Waals surface area (Å²) in [4.78, 5) is 22.7. The maximum atomic E-state index is 12.0. The summed E-state index contributed by atoms with van der Waals surface area (Å²) >= 11 is 0. The van der Waals surface area contributed by atoms with Gasteiger partial charge in [-0.15, -0.1) is 0 Å². The van der Waals surface area contributed by atoms with Gasteiger partial charge in [-0.3, -0.25) is 9.59 Å². The number of hydrogen-bond acceptors (Lipinski definition) is 3. The van der Waals surface area contributed by atoms with Crippen molar-refractivity contribution in [3.05, 3.63) is 0 Å². The first-order valence-electron chi connectivity index (χ1n) is 9.31. The lowest BCUT2D eigenvalue weighted by Gasteiger charge is -2.45. The molecule has 0 amide bonds. The van der Waals surface area contributed by atoms with E-state index in [4.69, 9.17) is 9.84 Å². The van der Waals surface area contributed by atoms with Crippen molar-refractivity contribution in [1.82, 2.24) is 0 Å². The molecule has 1 aliphatic carbocycles. The van der Waals surface area contributed by atoms with Crippen LogP contribution < -0.4 is 0 Å². The van der Waals surface area contributed by atoms with Gasteiger partial charge in [0.05, 0.1) is 12.8 Å².